The molecular formula is C15H21F2NO2. The van der Waals surface area contributed by atoms with Gasteiger partial charge in [-0.15, -0.1) is 0 Å². The van der Waals surface area contributed by atoms with Gasteiger partial charge in [-0.05, 0) is 37.5 Å². The van der Waals surface area contributed by atoms with Gasteiger partial charge >= 0.3 is 0 Å². The summed E-state index contributed by atoms with van der Waals surface area (Å²) < 4.78 is 38.1. The molecule has 1 fully saturated rings. The molecule has 2 rings (SSSR count). The van der Waals surface area contributed by atoms with Crippen LogP contribution in [0.2, 0.25) is 0 Å². The monoisotopic (exact) mass is 285 g/mol. The summed E-state index contributed by atoms with van der Waals surface area (Å²) in [5.41, 5.74) is 0.601. The Morgan fingerprint density at radius 3 is 2.50 bits per heavy atom. The van der Waals surface area contributed by atoms with Gasteiger partial charge in [0, 0.05) is 32.7 Å². The van der Waals surface area contributed by atoms with Gasteiger partial charge in [-0.2, -0.15) is 0 Å². The highest BCUT2D eigenvalue weighted by molar-refractivity contribution is 5.31. The van der Waals surface area contributed by atoms with E-state index in [1.807, 2.05) is 0 Å². The zero-order chi connectivity index (χ0) is 14.5. The second kappa shape index (κ2) is 6.99. The Hall–Kier alpha value is -1.20. The molecule has 3 nitrogen and oxygen atoms in total. The van der Waals surface area contributed by atoms with Crippen LogP contribution in [0, 0.1) is 11.6 Å². The highest BCUT2D eigenvalue weighted by Gasteiger charge is 2.21. The lowest BCUT2D eigenvalue weighted by atomic mass is 10.2. The van der Waals surface area contributed by atoms with Crippen molar-refractivity contribution < 1.29 is 18.3 Å². The molecule has 1 N–H and O–H groups in total. The van der Waals surface area contributed by atoms with Gasteiger partial charge in [0.05, 0.1) is 6.10 Å². The first-order valence-electron chi connectivity index (χ1n) is 6.97. The number of methoxy groups -OCH3 is 1. The third-order valence-corrected chi connectivity index (χ3v) is 3.28. The van der Waals surface area contributed by atoms with Crippen molar-refractivity contribution in [1.29, 1.82) is 0 Å². The number of nitrogens with one attached hydrogen (secondary N) is 1. The van der Waals surface area contributed by atoms with Crippen molar-refractivity contribution in [1.82, 2.24) is 5.32 Å². The zero-order valence-corrected chi connectivity index (χ0v) is 11.9. The molecule has 0 aliphatic heterocycles. The fourth-order valence-electron chi connectivity index (χ4n) is 1.92. The normalized spacial score (nSPS) is 16.2. The van der Waals surface area contributed by atoms with Crippen molar-refractivity contribution in [3.05, 3.63) is 29.3 Å². The van der Waals surface area contributed by atoms with E-state index in [1.54, 1.807) is 14.0 Å². The van der Waals surface area contributed by atoms with Crippen LogP contribution in [0.4, 0.5) is 8.78 Å². The van der Waals surface area contributed by atoms with Gasteiger partial charge in [-0.25, -0.2) is 8.78 Å². The van der Waals surface area contributed by atoms with E-state index in [1.165, 1.54) is 12.1 Å². The predicted octanol–water partition coefficient (Wildman–Crippen LogP) is 3.02. The third kappa shape index (κ3) is 4.42. The summed E-state index contributed by atoms with van der Waals surface area (Å²) >= 11 is 0. The first kappa shape index (κ1) is 15.2. The van der Waals surface area contributed by atoms with Crippen LogP contribution in [0.1, 0.15) is 31.7 Å². The molecule has 0 radical (unpaired) electrons. The topological polar surface area (TPSA) is 30.5 Å². The van der Waals surface area contributed by atoms with Gasteiger partial charge in [0.2, 0.25) is 0 Å². The maximum absolute atomic E-state index is 13.9. The number of ether oxygens (including phenoxy) is 2. The molecule has 1 unspecified atom stereocenters. The Kier molecular flexibility index (Phi) is 5.31. The van der Waals surface area contributed by atoms with Crippen LogP contribution in [0.25, 0.3) is 0 Å². The SMILES string of the molecule is COCCC(C)Oc1c(F)cc(CNC2CC2)cc1F. The van der Waals surface area contributed by atoms with Gasteiger partial charge in [0.1, 0.15) is 0 Å². The molecule has 0 aromatic heterocycles. The number of hydrogen-bond acceptors (Lipinski definition) is 3. The van der Waals surface area contributed by atoms with Crippen molar-refractivity contribution in [2.45, 2.75) is 44.9 Å². The van der Waals surface area contributed by atoms with Crippen LogP contribution in [-0.2, 0) is 11.3 Å². The minimum atomic E-state index is -0.651. The molecule has 0 saturated heterocycles. The summed E-state index contributed by atoms with van der Waals surface area (Å²) in [5, 5.41) is 3.22. The van der Waals surface area contributed by atoms with Crippen LogP contribution in [0.3, 0.4) is 0 Å². The maximum Gasteiger partial charge on any atom is 0.191 e. The minimum absolute atomic E-state index is 0.297. The van der Waals surface area contributed by atoms with E-state index in [2.05, 4.69) is 5.32 Å². The molecular weight excluding hydrogens is 264 g/mol. The highest BCUT2D eigenvalue weighted by atomic mass is 19.1. The van der Waals surface area contributed by atoms with E-state index in [9.17, 15) is 8.78 Å². The number of benzene rings is 1. The van der Waals surface area contributed by atoms with Crippen LogP contribution in [-0.4, -0.2) is 25.9 Å². The van der Waals surface area contributed by atoms with E-state index in [0.717, 1.165) is 12.8 Å². The molecule has 0 bridgehead atoms. The number of hydrogen-bond donors (Lipinski definition) is 1. The molecule has 112 valence electrons. The quantitative estimate of drug-likeness (QED) is 0.796. The molecule has 0 heterocycles. The first-order valence-corrected chi connectivity index (χ1v) is 6.97. The standard InChI is InChI=1S/C15H21F2NO2/c1-10(5-6-19-2)20-15-13(16)7-11(8-14(15)17)9-18-12-3-4-12/h7-8,10,12,18H,3-6,9H2,1-2H3. The van der Waals surface area contributed by atoms with E-state index >= 15 is 0 Å². The number of rotatable bonds is 8. The Morgan fingerprint density at radius 1 is 1.30 bits per heavy atom. The molecule has 1 aliphatic rings. The predicted molar refractivity (Wildman–Crippen MR) is 72.8 cm³/mol. The lowest BCUT2D eigenvalue weighted by Gasteiger charge is -2.16. The number of halogens is 2. The summed E-state index contributed by atoms with van der Waals surface area (Å²) in [4.78, 5) is 0. The summed E-state index contributed by atoms with van der Waals surface area (Å²) in [6, 6.07) is 3.17. The highest BCUT2D eigenvalue weighted by Crippen LogP contribution is 2.26. The molecule has 0 amide bonds. The summed E-state index contributed by atoms with van der Waals surface area (Å²) in [6.45, 7) is 2.74. The van der Waals surface area contributed by atoms with Crippen LogP contribution in [0.15, 0.2) is 12.1 Å². The molecule has 1 atom stereocenters. The largest absolute Gasteiger partial charge is 0.485 e. The van der Waals surface area contributed by atoms with E-state index in [4.69, 9.17) is 9.47 Å². The second-order valence-electron chi connectivity index (χ2n) is 5.25. The Morgan fingerprint density at radius 2 is 1.95 bits per heavy atom. The maximum atomic E-state index is 13.9. The van der Waals surface area contributed by atoms with Gasteiger partial charge in [0.25, 0.3) is 0 Å². The first-order chi connectivity index (χ1) is 9.60. The van der Waals surface area contributed by atoms with Gasteiger partial charge < -0.3 is 14.8 Å². The summed E-state index contributed by atoms with van der Waals surface area (Å²) in [6.07, 6.45) is 2.57. The third-order valence-electron chi connectivity index (χ3n) is 3.28. The van der Waals surface area contributed by atoms with E-state index < -0.39 is 11.6 Å². The fraction of sp³-hybridized carbons (Fsp3) is 0.600. The van der Waals surface area contributed by atoms with Gasteiger partial charge in [-0.1, -0.05) is 0 Å². The van der Waals surface area contributed by atoms with Crippen molar-refractivity contribution in [3.63, 3.8) is 0 Å². The minimum Gasteiger partial charge on any atom is -0.485 e. The Balaban J connectivity index is 1.97. The van der Waals surface area contributed by atoms with Crippen molar-refractivity contribution in [3.8, 4) is 5.75 Å². The molecule has 20 heavy (non-hydrogen) atoms. The average molecular weight is 285 g/mol. The molecule has 1 aromatic carbocycles. The molecule has 1 aromatic rings. The Bertz CT molecular complexity index is 426. The average Bonchev–Trinajstić information content (AvgIpc) is 3.22. The lowest BCUT2D eigenvalue weighted by molar-refractivity contribution is 0.128. The molecule has 5 heteroatoms. The van der Waals surface area contributed by atoms with E-state index in [-0.39, 0.29) is 11.9 Å². The van der Waals surface area contributed by atoms with Crippen LogP contribution in [0.5, 0.6) is 5.75 Å². The second-order valence-corrected chi connectivity index (χ2v) is 5.25. The lowest BCUT2D eigenvalue weighted by Crippen LogP contribution is -2.17. The summed E-state index contributed by atoms with van der Waals surface area (Å²) in [5.74, 6) is -1.60. The molecule has 1 saturated carbocycles. The van der Waals surface area contributed by atoms with Crippen molar-refractivity contribution >= 4 is 0 Å². The van der Waals surface area contributed by atoms with Crippen LogP contribution < -0.4 is 10.1 Å². The molecule has 1 aliphatic carbocycles. The van der Waals surface area contributed by atoms with Crippen molar-refractivity contribution in [2.75, 3.05) is 13.7 Å². The van der Waals surface area contributed by atoms with E-state index in [0.29, 0.717) is 31.2 Å². The van der Waals surface area contributed by atoms with Gasteiger partial charge in [0.15, 0.2) is 17.4 Å². The fourth-order valence-corrected chi connectivity index (χ4v) is 1.92. The van der Waals surface area contributed by atoms with Crippen molar-refractivity contribution in [2.24, 2.45) is 0 Å². The smallest absolute Gasteiger partial charge is 0.191 e. The molecule has 0 spiro atoms. The van der Waals surface area contributed by atoms with Crippen LogP contribution >= 0.6 is 0 Å². The van der Waals surface area contributed by atoms with Gasteiger partial charge in [-0.3, -0.25) is 0 Å². The zero-order valence-electron chi connectivity index (χ0n) is 11.9. The summed E-state index contributed by atoms with van der Waals surface area (Å²) in [7, 11) is 1.58. The Labute approximate surface area is 118 Å².